The number of hydrogen-bond acceptors (Lipinski definition) is 4. The number of amides is 1. The van der Waals surface area contributed by atoms with Crippen LogP contribution in [0.25, 0.3) is 0 Å². The maximum atomic E-state index is 12.8. The number of sulfonamides is 1. The highest BCUT2D eigenvalue weighted by molar-refractivity contribution is 7.89. The lowest BCUT2D eigenvalue weighted by molar-refractivity contribution is 0.0930. The molecule has 0 saturated carbocycles. The molecule has 148 valence electrons. The number of furan rings is 1. The Balaban J connectivity index is 1.65. The molecule has 3 heterocycles. The number of aromatic nitrogens is 1. The first kappa shape index (κ1) is 19.7. The molecule has 1 aliphatic heterocycles. The van der Waals surface area contributed by atoms with Crippen molar-refractivity contribution < 1.29 is 17.6 Å². The molecule has 1 amide bonds. The molecular formula is C19H27N3O4S. The van der Waals surface area contributed by atoms with E-state index in [9.17, 15) is 13.2 Å². The van der Waals surface area contributed by atoms with Gasteiger partial charge in [-0.2, -0.15) is 4.31 Å². The lowest BCUT2D eigenvalue weighted by atomic mass is 10.1. The quantitative estimate of drug-likeness (QED) is 0.783. The Morgan fingerprint density at radius 3 is 2.70 bits per heavy atom. The van der Waals surface area contributed by atoms with E-state index in [0.717, 1.165) is 37.9 Å². The van der Waals surface area contributed by atoms with E-state index >= 15 is 0 Å². The van der Waals surface area contributed by atoms with Gasteiger partial charge in [-0.3, -0.25) is 4.79 Å². The van der Waals surface area contributed by atoms with E-state index in [-0.39, 0.29) is 16.8 Å². The Labute approximate surface area is 160 Å². The van der Waals surface area contributed by atoms with E-state index in [0.29, 0.717) is 18.8 Å². The number of piperidine rings is 1. The minimum absolute atomic E-state index is 0.0559. The molecule has 0 aliphatic carbocycles. The first-order valence-electron chi connectivity index (χ1n) is 9.37. The molecule has 0 bridgehead atoms. The third kappa shape index (κ3) is 4.62. The van der Waals surface area contributed by atoms with Gasteiger partial charge in [-0.05, 0) is 44.4 Å². The SMILES string of the molecule is CC(CCc1ccco1)NC(=O)c1cc(S(=O)(=O)N2CCCCC2)cn1C. The lowest BCUT2D eigenvalue weighted by Gasteiger charge is -2.25. The molecule has 2 aromatic heterocycles. The number of aryl methyl sites for hydroxylation is 2. The van der Waals surface area contributed by atoms with E-state index in [1.165, 1.54) is 16.6 Å². The Morgan fingerprint density at radius 2 is 2.04 bits per heavy atom. The summed E-state index contributed by atoms with van der Waals surface area (Å²) >= 11 is 0. The van der Waals surface area contributed by atoms with Crippen LogP contribution >= 0.6 is 0 Å². The van der Waals surface area contributed by atoms with E-state index in [1.807, 2.05) is 19.1 Å². The molecule has 0 radical (unpaired) electrons. The summed E-state index contributed by atoms with van der Waals surface area (Å²) in [6, 6.07) is 5.16. The molecule has 7 nitrogen and oxygen atoms in total. The highest BCUT2D eigenvalue weighted by Gasteiger charge is 2.28. The summed E-state index contributed by atoms with van der Waals surface area (Å²) in [5.41, 5.74) is 0.343. The molecule has 3 rings (SSSR count). The fourth-order valence-electron chi connectivity index (χ4n) is 3.34. The third-order valence-electron chi connectivity index (χ3n) is 4.95. The van der Waals surface area contributed by atoms with Crippen LogP contribution in [0, 0.1) is 0 Å². The molecular weight excluding hydrogens is 366 g/mol. The summed E-state index contributed by atoms with van der Waals surface area (Å²) in [6.45, 7) is 3.01. The second kappa shape index (κ2) is 8.31. The minimum Gasteiger partial charge on any atom is -0.469 e. The van der Waals surface area contributed by atoms with Gasteiger partial charge in [0, 0.05) is 38.8 Å². The molecule has 1 atom stereocenters. The standard InChI is InChI=1S/C19H27N3O4S/c1-15(8-9-16-7-6-12-26-16)20-19(23)18-13-17(14-21(18)2)27(24,25)22-10-4-3-5-11-22/h6-7,12-15H,3-5,8-11H2,1-2H3,(H,20,23). The summed E-state index contributed by atoms with van der Waals surface area (Å²) < 4.78 is 34.0. The maximum absolute atomic E-state index is 12.8. The fourth-order valence-corrected chi connectivity index (χ4v) is 4.93. The maximum Gasteiger partial charge on any atom is 0.268 e. The molecule has 0 aromatic carbocycles. The molecule has 1 saturated heterocycles. The molecule has 1 fully saturated rings. The van der Waals surface area contributed by atoms with Gasteiger partial charge >= 0.3 is 0 Å². The number of nitrogens with one attached hydrogen (secondary N) is 1. The normalized spacial score (nSPS) is 17.0. The number of carbonyl (C=O) groups excluding carboxylic acids is 1. The zero-order valence-corrected chi connectivity index (χ0v) is 16.7. The van der Waals surface area contributed by atoms with Gasteiger partial charge in [0.25, 0.3) is 5.91 Å². The van der Waals surface area contributed by atoms with E-state index in [4.69, 9.17) is 4.42 Å². The Morgan fingerprint density at radius 1 is 1.30 bits per heavy atom. The Kier molecular flexibility index (Phi) is 6.06. The average Bonchev–Trinajstić information content (AvgIpc) is 3.30. The van der Waals surface area contributed by atoms with E-state index < -0.39 is 10.0 Å². The smallest absolute Gasteiger partial charge is 0.268 e. The average molecular weight is 394 g/mol. The van der Waals surface area contributed by atoms with Gasteiger partial charge in [0.1, 0.15) is 16.3 Å². The zero-order chi connectivity index (χ0) is 19.4. The predicted molar refractivity (Wildman–Crippen MR) is 102 cm³/mol. The van der Waals surface area contributed by atoms with Crippen molar-refractivity contribution in [2.24, 2.45) is 7.05 Å². The van der Waals surface area contributed by atoms with Crippen molar-refractivity contribution in [1.29, 1.82) is 0 Å². The molecule has 0 spiro atoms. The van der Waals surface area contributed by atoms with Crippen molar-refractivity contribution >= 4 is 15.9 Å². The number of carbonyl (C=O) groups is 1. The predicted octanol–water partition coefficient (Wildman–Crippen LogP) is 2.54. The van der Waals surface area contributed by atoms with Crippen LogP contribution in [-0.4, -0.2) is 42.3 Å². The van der Waals surface area contributed by atoms with Crippen LogP contribution in [0.2, 0.25) is 0 Å². The van der Waals surface area contributed by atoms with Gasteiger partial charge in [0.05, 0.1) is 6.26 Å². The van der Waals surface area contributed by atoms with Crippen molar-refractivity contribution in [1.82, 2.24) is 14.2 Å². The molecule has 1 aliphatic rings. The minimum atomic E-state index is -3.55. The van der Waals surface area contributed by atoms with Crippen LogP contribution in [-0.2, 0) is 23.5 Å². The molecule has 8 heteroatoms. The number of hydrogen-bond donors (Lipinski definition) is 1. The van der Waals surface area contributed by atoms with Gasteiger partial charge in [0.2, 0.25) is 10.0 Å². The highest BCUT2D eigenvalue weighted by atomic mass is 32.2. The molecule has 2 aromatic rings. The third-order valence-corrected chi connectivity index (χ3v) is 6.81. The Bertz CT molecular complexity index is 865. The van der Waals surface area contributed by atoms with Crippen LogP contribution in [0.15, 0.2) is 40.0 Å². The van der Waals surface area contributed by atoms with Gasteiger partial charge in [-0.15, -0.1) is 0 Å². The highest BCUT2D eigenvalue weighted by Crippen LogP contribution is 2.22. The lowest BCUT2D eigenvalue weighted by Crippen LogP contribution is -2.35. The first-order valence-corrected chi connectivity index (χ1v) is 10.8. The number of nitrogens with zero attached hydrogens (tertiary/aromatic N) is 2. The Hall–Kier alpha value is -2.06. The van der Waals surface area contributed by atoms with Crippen LogP contribution in [0.4, 0.5) is 0 Å². The van der Waals surface area contributed by atoms with Crippen LogP contribution in [0.1, 0.15) is 48.9 Å². The molecule has 1 N–H and O–H groups in total. The summed E-state index contributed by atoms with van der Waals surface area (Å²) in [4.78, 5) is 12.8. The fraction of sp³-hybridized carbons (Fsp3) is 0.526. The van der Waals surface area contributed by atoms with Gasteiger partial charge in [-0.25, -0.2) is 8.42 Å². The summed E-state index contributed by atoms with van der Waals surface area (Å²) in [5, 5.41) is 2.93. The topological polar surface area (TPSA) is 84.5 Å². The summed E-state index contributed by atoms with van der Waals surface area (Å²) in [7, 11) is -1.85. The van der Waals surface area contributed by atoms with Gasteiger partial charge in [0.15, 0.2) is 0 Å². The van der Waals surface area contributed by atoms with Crippen molar-refractivity contribution in [2.45, 2.75) is 50.0 Å². The van der Waals surface area contributed by atoms with Crippen LogP contribution in [0.5, 0.6) is 0 Å². The largest absolute Gasteiger partial charge is 0.469 e. The van der Waals surface area contributed by atoms with Gasteiger partial charge < -0.3 is 14.3 Å². The second-order valence-electron chi connectivity index (χ2n) is 7.13. The van der Waals surface area contributed by atoms with Crippen molar-refractivity contribution in [3.8, 4) is 0 Å². The van der Waals surface area contributed by atoms with Crippen molar-refractivity contribution in [2.75, 3.05) is 13.1 Å². The van der Waals surface area contributed by atoms with Crippen molar-refractivity contribution in [3.63, 3.8) is 0 Å². The first-order chi connectivity index (χ1) is 12.9. The van der Waals surface area contributed by atoms with Crippen LogP contribution < -0.4 is 5.32 Å². The second-order valence-corrected chi connectivity index (χ2v) is 9.07. The number of rotatable bonds is 7. The monoisotopic (exact) mass is 393 g/mol. The van der Waals surface area contributed by atoms with Crippen molar-refractivity contribution in [3.05, 3.63) is 42.1 Å². The van der Waals surface area contributed by atoms with E-state index in [2.05, 4.69) is 5.32 Å². The summed E-state index contributed by atoms with van der Waals surface area (Å²) in [5.74, 6) is 0.606. The van der Waals surface area contributed by atoms with Crippen LogP contribution in [0.3, 0.4) is 0 Å². The zero-order valence-electron chi connectivity index (χ0n) is 15.8. The summed E-state index contributed by atoms with van der Waals surface area (Å²) in [6.07, 6.45) is 7.45. The molecule has 27 heavy (non-hydrogen) atoms. The van der Waals surface area contributed by atoms with E-state index in [1.54, 1.807) is 17.9 Å². The molecule has 1 unspecified atom stereocenters. The van der Waals surface area contributed by atoms with Gasteiger partial charge in [-0.1, -0.05) is 6.42 Å².